The number of rotatable bonds is 1. The maximum atomic E-state index is 11.3. The highest BCUT2D eigenvalue weighted by Crippen LogP contribution is 2.24. The highest BCUT2D eigenvalue weighted by Gasteiger charge is 2.11. The number of primary sulfonamides is 1. The van der Waals surface area contributed by atoms with Crippen LogP contribution in [0.15, 0.2) is 46.2 Å². The quantitative estimate of drug-likeness (QED) is 0.826. The van der Waals surface area contributed by atoms with E-state index < -0.39 is 10.0 Å². The molecule has 0 unspecified atom stereocenters. The van der Waals surface area contributed by atoms with Gasteiger partial charge in [-0.3, -0.25) is 0 Å². The molecule has 0 aromatic heterocycles. The molecule has 77 valence electrons. The second-order valence-corrected chi connectivity index (χ2v) is 5.19. The molecule has 2 aromatic carbocycles. The minimum atomic E-state index is -3.69. The number of fused-ring (bicyclic) bond motifs is 1. The Morgan fingerprint density at radius 1 is 1.13 bits per heavy atom. The SMILES string of the molecule is NS(=O)(=O)c1cccc2ccc([S])cc12. The Bertz CT molecular complexity index is 620. The van der Waals surface area contributed by atoms with Crippen LogP contribution in [-0.4, -0.2) is 8.42 Å². The summed E-state index contributed by atoms with van der Waals surface area (Å²) in [5.74, 6) is 0. The number of hydrogen-bond acceptors (Lipinski definition) is 2. The lowest BCUT2D eigenvalue weighted by molar-refractivity contribution is 0.598. The minimum absolute atomic E-state index is 0.117. The molecule has 0 fully saturated rings. The van der Waals surface area contributed by atoms with Crippen molar-refractivity contribution in [3.8, 4) is 0 Å². The summed E-state index contributed by atoms with van der Waals surface area (Å²) < 4.78 is 22.6. The van der Waals surface area contributed by atoms with Crippen LogP contribution in [-0.2, 0) is 10.0 Å². The summed E-state index contributed by atoms with van der Waals surface area (Å²) in [6.45, 7) is 0. The molecule has 0 spiro atoms. The normalized spacial score (nSPS) is 11.8. The van der Waals surface area contributed by atoms with Gasteiger partial charge in [0, 0.05) is 10.3 Å². The zero-order chi connectivity index (χ0) is 11.1. The van der Waals surface area contributed by atoms with Crippen LogP contribution in [0.3, 0.4) is 0 Å². The molecule has 0 aliphatic carbocycles. The summed E-state index contributed by atoms with van der Waals surface area (Å²) in [5, 5.41) is 6.50. The zero-order valence-electron chi connectivity index (χ0n) is 7.67. The predicted molar refractivity (Wildman–Crippen MR) is 61.2 cm³/mol. The van der Waals surface area contributed by atoms with Crippen molar-refractivity contribution < 1.29 is 8.42 Å². The smallest absolute Gasteiger partial charge is 0.225 e. The summed E-state index contributed by atoms with van der Waals surface area (Å²) in [7, 11) is -3.69. The van der Waals surface area contributed by atoms with E-state index in [9.17, 15) is 8.42 Å². The van der Waals surface area contributed by atoms with E-state index in [0.29, 0.717) is 10.3 Å². The van der Waals surface area contributed by atoms with E-state index in [1.165, 1.54) is 6.07 Å². The predicted octanol–water partition coefficient (Wildman–Crippen LogP) is 2.04. The van der Waals surface area contributed by atoms with Gasteiger partial charge in [-0.15, -0.1) is 0 Å². The first kappa shape index (κ1) is 10.4. The van der Waals surface area contributed by atoms with Gasteiger partial charge in [-0.05, 0) is 23.6 Å². The Morgan fingerprint density at radius 2 is 1.87 bits per heavy atom. The van der Waals surface area contributed by atoms with Crippen LogP contribution < -0.4 is 5.14 Å². The van der Waals surface area contributed by atoms with Gasteiger partial charge in [-0.25, -0.2) is 13.6 Å². The van der Waals surface area contributed by atoms with Gasteiger partial charge in [0.15, 0.2) is 0 Å². The average molecular weight is 238 g/mol. The maximum absolute atomic E-state index is 11.3. The molecular weight excluding hydrogens is 230 g/mol. The van der Waals surface area contributed by atoms with Gasteiger partial charge in [0.2, 0.25) is 10.0 Å². The first-order valence-electron chi connectivity index (χ1n) is 4.21. The molecular formula is C10H8NO2S2. The van der Waals surface area contributed by atoms with E-state index in [0.717, 1.165) is 5.39 Å². The fourth-order valence-electron chi connectivity index (χ4n) is 1.47. The van der Waals surface area contributed by atoms with E-state index in [4.69, 9.17) is 17.8 Å². The first-order chi connectivity index (χ1) is 6.98. The molecule has 0 aliphatic heterocycles. The maximum Gasteiger partial charge on any atom is 0.238 e. The van der Waals surface area contributed by atoms with E-state index in [-0.39, 0.29) is 4.90 Å². The van der Waals surface area contributed by atoms with Crippen molar-refractivity contribution in [2.24, 2.45) is 5.14 Å². The van der Waals surface area contributed by atoms with Crippen molar-refractivity contribution in [2.75, 3.05) is 0 Å². The van der Waals surface area contributed by atoms with Crippen molar-refractivity contribution in [3.05, 3.63) is 36.4 Å². The third-order valence-electron chi connectivity index (χ3n) is 2.12. The number of sulfonamides is 1. The van der Waals surface area contributed by atoms with Gasteiger partial charge in [-0.2, -0.15) is 0 Å². The molecule has 1 radical (unpaired) electrons. The van der Waals surface area contributed by atoms with Gasteiger partial charge in [0.1, 0.15) is 0 Å². The molecule has 15 heavy (non-hydrogen) atoms. The fraction of sp³-hybridized carbons (Fsp3) is 0. The standard InChI is InChI=1S/C10H8NO2S2/c11-15(12,13)10-3-1-2-7-4-5-8(14)6-9(7)10/h1-6H,(H2,11,12,13). The van der Waals surface area contributed by atoms with Crippen molar-refractivity contribution >= 4 is 33.4 Å². The summed E-state index contributed by atoms with van der Waals surface area (Å²) >= 11 is 4.99. The largest absolute Gasteiger partial charge is 0.238 e. The highest BCUT2D eigenvalue weighted by molar-refractivity contribution is 7.89. The summed E-state index contributed by atoms with van der Waals surface area (Å²) in [4.78, 5) is 0.713. The molecule has 2 rings (SSSR count). The third kappa shape index (κ3) is 1.94. The van der Waals surface area contributed by atoms with Crippen molar-refractivity contribution in [2.45, 2.75) is 9.79 Å². The molecule has 2 aromatic rings. The number of benzene rings is 2. The summed E-state index contributed by atoms with van der Waals surface area (Å²) in [5.41, 5.74) is 0. The van der Waals surface area contributed by atoms with Gasteiger partial charge in [-0.1, -0.05) is 30.8 Å². The lowest BCUT2D eigenvalue weighted by Crippen LogP contribution is -2.12. The fourth-order valence-corrected chi connectivity index (χ4v) is 2.41. The van der Waals surface area contributed by atoms with Crippen LogP contribution in [0.4, 0.5) is 0 Å². The molecule has 0 atom stereocenters. The third-order valence-corrected chi connectivity index (χ3v) is 3.34. The van der Waals surface area contributed by atoms with Crippen LogP contribution in [0.5, 0.6) is 0 Å². The zero-order valence-corrected chi connectivity index (χ0v) is 9.31. The molecule has 0 saturated heterocycles. The topological polar surface area (TPSA) is 60.2 Å². The van der Waals surface area contributed by atoms with Gasteiger partial charge in [0.05, 0.1) is 4.90 Å². The average Bonchev–Trinajstić information content (AvgIpc) is 2.15. The van der Waals surface area contributed by atoms with Crippen LogP contribution in [0.1, 0.15) is 0 Å². The molecule has 0 bridgehead atoms. The van der Waals surface area contributed by atoms with Crippen molar-refractivity contribution in [3.63, 3.8) is 0 Å². The Kier molecular flexibility index (Phi) is 2.38. The minimum Gasteiger partial charge on any atom is -0.225 e. The monoisotopic (exact) mass is 238 g/mol. The Hall–Kier alpha value is -1.17. The lowest BCUT2D eigenvalue weighted by Gasteiger charge is -2.04. The molecule has 0 saturated carbocycles. The van der Waals surface area contributed by atoms with Crippen molar-refractivity contribution in [1.82, 2.24) is 0 Å². The Labute approximate surface area is 93.4 Å². The van der Waals surface area contributed by atoms with E-state index in [1.807, 2.05) is 6.07 Å². The van der Waals surface area contributed by atoms with Gasteiger partial charge in [0.25, 0.3) is 0 Å². The van der Waals surface area contributed by atoms with Crippen LogP contribution in [0, 0.1) is 0 Å². The second-order valence-electron chi connectivity index (χ2n) is 3.18. The number of hydrogen-bond donors (Lipinski definition) is 1. The van der Waals surface area contributed by atoms with Crippen LogP contribution in [0.25, 0.3) is 10.8 Å². The van der Waals surface area contributed by atoms with Gasteiger partial charge < -0.3 is 0 Å². The molecule has 3 nitrogen and oxygen atoms in total. The van der Waals surface area contributed by atoms with E-state index in [2.05, 4.69) is 0 Å². The van der Waals surface area contributed by atoms with E-state index >= 15 is 0 Å². The molecule has 5 heteroatoms. The Balaban J connectivity index is 2.92. The molecule has 0 amide bonds. The summed E-state index contributed by atoms with van der Waals surface area (Å²) in [6.07, 6.45) is 0. The van der Waals surface area contributed by atoms with Crippen LogP contribution >= 0.6 is 12.6 Å². The number of nitrogens with two attached hydrogens (primary N) is 1. The van der Waals surface area contributed by atoms with Gasteiger partial charge >= 0.3 is 0 Å². The van der Waals surface area contributed by atoms with Crippen molar-refractivity contribution in [1.29, 1.82) is 0 Å². The molecule has 0 heterocycles. The molecule has 2 N–H and O–H groups in total. The molecule has 0 aliphatic rings. The second kappa shape index (κ2) is 3.44. The van der Waals surface area contributed by atoms with Crippen LogP contribution in [0.2, 0.25) is 0 Å². The highest BCUT2D eigenvalue weighted by atomic mass is 32.2. The first-order valence-corrected chi connectivity index (χ1v) is 6.16. The Morgan fingerprint density at radius 3 is 2.53 bits per heavy atom. The van der Waals surface area contributed by atoms with E-state index in [1.54, 1.807) is 24.3 Å². The summed E-state index contributed by atoms with van der Waals surface area (Å²) in [6, 6.07) is 10.1. The lowest BCUT2D eigenvalue weighted by atomic mass is 10.1.